The predicted molar refractivity (Wildman–Crippen MR) is 130 cm³/mol. The van der Waals surface area contributed by atoms with Crippen molar-refractivity contribution in [3.63, 3.8) is 0 Å². The molecule has 186 valence electrons. The Morgan fingerprint density at radius 3 is 2.58 bits per heavy atom. The second kappa shape index (κ2) is 8.98. The van der Waals surface area contributed by atoms with Gasteiger partial charge >= 0.3 is 0 Å². The summed E-state index contributed by atoms with van der Waals surface area (Å²) in [6.07, 6.45) is 2.14. The number of hydrogen-bond donors (Lipinski definition) is 1. The molecule has 2 fully saturated rings. The lowest BCUT2D eigenvalue weighted by atomic mass is 10.1. The van der Waals surface area contributed by atoms with Crippen molar-refractivity contribution in [3.05, 3.63) is 54.2 Å². The summed E-state index contributed by atoms with van der Waals surface area (Å²) in [6, 6.07) is 12.8. The first-order valence-corrected chi connectivity index (χ1v) is 12.0. The van der Waals surface area contributed by atoms with Gasteiger partial charge in [0, 0.05) is 42.7 Å². The van der Waals surface area contributed by atoms with E-state index in [2.05, 4.69) is 20.5 Å². The number of piperidine rings is 1. The normalized spacial score (nSPS) is 18.1. The van der Waals surface area contributed by atoms with Crippen LogP contribution in [0.1, 0.15) is 23.2 Å². The van der Waals surface area contributed by atoms with Crippen molar-refractivity contribution in [2.24, 2.45) is 0 Å². The fourth-order valence-corrected chi connectivity index (χ4v) is 4.78. The largest absolute Gasteiger partial charge is 0.378 e. The van der Waals surface area contributed by atoms with E-state index in [1.807, 2.05) is 30.3 Å². The molecule has 2 saturated heterocycles. The van der Waals surface area contributed by atoms with Gasteiger partial charge in [-0.05, 0) is 48.9 Å². The van der Waals surface area contributed by atoms with E-state index in [9.17, 15) is 13.6 Å². The van der Waals surface area contributed by atoms with Gasteiger partial charge in [-0.3, -0.25) is 9.89 Å². The van der Waals surface area contributed by atoms with Crippen LogP contribution in [0.25, 0.3) is 28.0 Å². The molecule has 2 aliphatic heterocycles. The molecule has 36 heavy (non-hydrogen) atoms. The van der Waals surface area contributed by atoms with E-state index in [1.165, 1.54) is 0 Å². The summed E-state index contributed by atoms with van der Waals surface area (Å²) >= 11 is 0. The number of nitrogens with zero attached hydrogens (tertiary/aromatic N) is 6. The van der Waals surface area contributed by atoms with E-state index >= 15 is 0 Å². The fraction of sp³-hybridized carbons (Fsp3) is 0.360. The number of carbonyl (C=O) groups excluding carboxylic acids is 1. The van der Waals surface area contributed by atoms with E-state index < -0.39 is 5.92 Å². The van der Waals surface area contributed by atoms with Crippen LogP contribution in [0.4, 0.5) is 14.5 Å². The minimum atomic E-state index is -2.68. The van der Waals surface area contributed by atoms with Gasteiger partial charge < -0.3 is 14.5 Å². The number of benzene rings is 2. The van der Waals surface area contributed by atoms with Gasteiger partial charge in [-0.15, -0.1) is 5.10 Å². The number of alkyl halides is 2. The van der Waals surface area contributed by atoms with Crippen LogP contribution in [0.2, 0.25) is 0 Å². The van der Waals surface area contributed by atoms with Crippen molar-refractivity contribution < 1.29 is 18.3 Å². The number of nitrogens with one attached hydrogen (secondary N) is 1. The number of anilines is 1. The molecule has 6 rings (SSSR count). The summed E-state index contributed by atoms with van der Waals surface area (Å²) in [5.74, 6) is -2.70. The van der Waals surface area contributed by atoms with Crippen molar-refractivity contribution in [3.8, 4) is 17.1 Å². The van der Waals surface area contributed by atoms with Crippen molar-refractivity contribution in [2.75, 3.05) is 44.3 Å². The average molecular weight is 494 g/mol. The summed E-state index contributed by atoms with van der Waals surface area (Å²) < 4.78 is 34.9. The number of carbonyl (C=O) groups is 1. The first kappa shape index (κ1) is 22.6. The van der Waals surface area contributed by atoms with E-state index in [1.54, 1.807) is 32.8 Å². The minimum Gasteiger partial charge on any atom is -0.378 e. The van der Waals surface area contributed by atoms with Gasteiger partial charge in [0.2, 0.25) is 0 Å². The molecule has 1 N–H and O–H groups in total. The maximum Gasteiger partial charge on any atom is 0.265 e. The van der Waals surface area contributed by atoms with Crippen LogP contribution in [0, 0.1) is 0 Å². The molecule has 0 saturated carbocycles. The Hall–Kier alpha value is -3.86. The molecular weight excluding hydrogens is 468 g/mol. The maximum absolute atomic E-state index is 14.0. The van der Waals surface area contributed by atoms with Gasteiger partial charge in [0.25, 0.3) is 11.8 Å². The lowest BCUT2D eigenvalue weighted by molar-refractivity contribution is -0.0116. The SMILES string of the molecule is O=C(c1ccc(-n2cc(-c3n[nH]c4ccc(N5CCCC(F)(F)C5)cc34)nn2)cc1)N1CCOCC1. The Morgan fingerprint density at radius 1 is 1.03 bits per heavy atom. The summed E-state index contributed by atoms with van der Waals surface area (Å²) in [5.41, 5.74) is 4.03. The molecule has 2 aromatic carbocycles. The molecule has 1 amide bonds. The Kier molecular flexibility index (Phi) is 5.63. The van der Waals surface area contributed by atoms with Crippen molar-refractivity contribution >= 4 is 22.5 Å². The van der Waals surface area contributed by atoms with Gasteiger partial charge in [-0.2, -0.15) is 5.10 Å². The van der Waals surface area contributed by atoms with Crippen LogP contribution in [-0.4, -0.2) is 81.3 Å². The Labute approximate surface area is 205 Å². The van der Waals surface area contributed by atoms with Crippen molar-refractivity contribution in [2.45, 2.75) is 18.8 Å². The molecule has 9 nitrogen and oxygen atoms in total. The molecule has 4 heterocycles. The molecule has 4 aromatic rings. The Balaban J connectivity index is 1.24. The average Bonchev–Trinajstić information content (AvgIpc) is 3.55. The minimum absolute atomic E-state index is 0.0191. The monoisotopic (exact) mass is 493 g/mol. The van der Waals surface area contributed by atoms with Gasteiger partial charge in [0.05, 0.1) is 37.2 Å². The van der Waals surface area contributed by atoms with Gasteiger partial charge in [-0.25, -0.2) is 13.5 Å². The molecule has 2 aliphatic rings. The lowest BCUT2D eigenvalue weighted by Gasteiger charge is -2.34. The highest BCUT2D eigenvalue weighted by molar-refractivity contribution is 5.95. The molecule has 2 aromatic heterocycles. The van der Waals surface area contributed by atoms with Gasteiger partial charge in [0.15, 0.2) is 0 Å². The summed E-state index contributed by atoms with van der Waals surface area (Å²) in [6.45, 7) is 2.60. The second-order valence-electron chi connectivity index (χ2n) is 9.18. The van der Waals surface area contributed by atoms with E-state index in [0.717, 1.165) is 22.3 Å². The van der Waals surface area contributed by atoms with Crippen LogP contribution in [0.3, 0.4) is 0 Å². The first-order chi connectivity index (χ1) is 17.5. The topological polar surface area (TPSA) is 92.2 Å². The third-order valence-corrected chi connectivity index (χ3v) is 6.72. The van der Waals surface area contributed by atoms with Crippen LogP contribution in [0.15, 0.2) is 48.7 Å². The zero-order valence-corrected chi connectivity index (χ0v) is 19.5. The van der Waals surface area contributed by atoms with E-state index in [0.29, 0.717) is 56.2 Å². The Bertz CT molecular complexity index is 1390. The van der Waals surface area contributed by atoms with E-state index in [4.69, 9.17) is 4.74 Å². The van der Waals surface area contributed by atoms with Crippen LogP contribution < -0.4 is 4.90 Å². The highest BCUT2D eigenvalue weighted by Gasteiger charge is 2.35. The highest BCUT2D eigenvalue weighted by Crippen LogP contribution is 2.33. The van der Waals surface area contributed by atoms with Gasteiger partial charge in [0.1, 0.15) is 11.4 Å². The zero-order valence-electron chi connectivity index (χ0n) is 19.5. The number of H-pyrrole nitrogens is 1. The van der Waals surface area contributed by atoms with Crippen molar-refractivity contribution in [1.29, 1.82) is 0 Å². The van der Waals surface area contributed by atoms with Crippen LogP contribution in [0.5, 0.6) is 0 Å². The summed E-state index contributed by atoms with van der Waals surface area (Å²) in [5, 5.41) is 16.7. The molecular formula is C25H25F2N7O2. The number of amides is 1. The molecule has 0 unspecified atom stereocenters. The Morgan fingerprint density at radius 2 is 1.81 bits per heavy atom. The number of rotatable bonds is 4. The van der Waals surface area contributed by atoms with E-state index in [-0.39, 0.29) is 18.9 Å². The number of ether oxygens (including phenoxy) is 1. The fourth-order valence-electron chi connectivity index (χ4n) is 4.78. The standard InChI is InChI=1S/C25H25F2N7O2/c26-25(27)8-1-9-33(16-25)19-6-7-21-20(14-19)23(30-28-21)22-15-34(31-29-22)18-4-2-17(3-5-18)24(35)32-10-12-36-13-11-32/h2-7,14-15H,1,8-13,16H2,(H,28,30). The van der Waals surface area contributed by atoms with Gasteiger partial charge in [-0.1, -0.05) is 5.21 Å². The molecule has 0 spiro atoms. The number of fused-ring (bicyclic) bond motifs is 1. The summed E-state index contributed by atoms with van der Waals surface area (Å²) in [4.78, 5) is 16.2. The number of halogens is 2. The highest BCUT2D eigenvalue weighted by atomic mass is 19.3. The third-order valence-electron chi connectivity index (χ3n) is 6.72. The molecule has 0 bridgehead atoms. The number of hydrogen-bond acceptors (Lipinski definition) is 6. The quantitative estimate of drug-likeness (QED) is 0.468. The molecule has 0 radical (unpaired) electrons. The maximum atomic E-state index is 14.0. The smallest absolute Gasteiger partial charge is 0.265 e. The number of aromatic nitrogens is 5. The second-order valence-corrected chi connectivity index (χ2v) is 9.18. The molecule has 11 heteroatoms. The molecule has 0 aliphatic carbocycles. The predicted octanol–water partition coefficient (Wildman–Crippen LogP) is 3.52. The van der Waals surface area contributed by atoms with Crippen LogP contribution in [-0.2, 0) is 4.74 Å². The first-order valence-electron chi connectivity index (χ1n) is 12.0. The summed E-state index contributed by atoms with van der Waals surface area (Å²) in [7, 11) is 0. The third kappa shape index (κ3) is 4.30. The number of morpholine rings is 1. The zero-order chi connectivity index (χ0) is 24.7. The molecule has 0 atom stereocenters. The number of aromatic amines is 1. The van der Waals surface area contributed by atoms with Crippen molar-refractivity contribution in [1.82, 2.24) is 30.1 Å². The lowest BCUT2D eigenvalue weighted by Crippen LogP contribution is -2.42. The van der Waals surface area contributed by atoms with Crippen LogP contribution >= 0.6 is 0 Å².